The Morgan fingerprint density at radius 3 is 0.759 bits per heavy atom. The second kappa shape index (κ2) is 60.3. The zero-order chi connectivity index (χ0) is 95.4. The fraction of sp³-hybridized carbons (Fsp3) is 0.862. The van der Waals surface area contributed by atoms with E-state index in [9.17, 15) is 101 Å². The maximum Gasteiger partial charge on any atom is 0.306 e. The molecule has 5 aliphatic heterocycles. The molecule has 46 heteroatoms. The molecule has 46 nitrogen and oxygen atoms in total. The first-order valence-electron chi connectivity index (χ1n) is 47.6. The van der Waals surface area contributed by atoms with E-state index in [-0.39, 0.29) is 52.1 Å². The van der Waals surface area contributed by atoms with Gasteiger partial charge < -0.3 is 148 Å². The lowest BCUT2D eigenvalue weighted by atomic mass is 9.97. The number of esters is 4. The van der Waals surface area contributed by atoms with E-state index in [0.717, 1.165) is 161 Å². The standard InChI is InChI=1S/C87H146N12O34/c1-120-87-82(133-67(107)37-29-21-13-5-9-17-25-33-41-99-45-58(91-95-99)53-125-86-79(119)75(115)71(111)62(49-103)129-86)81(132-66(106)36-28-20-12-4-8-16-24-32-40-98-44-57(90-94-98)52-124-85-78(118)74(114)70(110)61(48-102)128-85)80(131-65(105)35-27-19-11-3-7-15-23-31-39-97-43-56(89-93-97)51-123-84-77(117)73(113)69(109)60(47-101)127-84)63(130-87)54-121-64(104)34-26-18-10-2-6-14-22-30-38-96-42-55(88-92-96)50-122-83-76(116)72(112)68(108)59(46-100)126-83/h42-45,59-63,68-87,100-103,108-119H,2-41,46-54H2,1H3/t59-,60-,61-,62-,63-,68-,69-,70-,71-,72+,73+,74+,75+,76-,77-,78-,79-,80-,81+,82-,83-,84-,85-,86-,87+/m1/s1. The van der Waals surface area contributed by atoms with Crippen LogP contribution in [0, 0.1) is 0 Å². The van der Waals surface area contributed by atoms with Crippen LogP contribution < -0.4 is 0 Å². The van der Waals surface area contributed by atoms with Gasteiger partial charge in [-0.3, -0.25) is 37.9 Å². The molecule has 0 aliphatic carbocycles. The van der Waals surface area contributed by atoms with Gasteiger partial charge in [0, 0.05) is 59.0 Å². The van der Waals surface area contributed by atoms with Crippen molar-refractivity contribution in [1.82, 2.24) is 60.0 Å². The molecule has 0 bridgehead atoms. The molecule has 9 rings (SSSR count). The van der Waals surface area contributed by atoms with Crippen molar-refractivity contribution < 1.29 is 167 Å². The summed E-state index contributed by atoms with van der Waals surface area (Å²) < 4.78 is 87.7. The van der Waals surface area contributed by atoms with E-state index in [0.29, 0.717) is 93.9 Å². The number of methoxy groups -OCH3 is 1. The van der Waals surface area contributed by atoms with Crippen molar-refractivity contribution in [2.75, 3.05) is 40.1 Å². The van der Waals surface area contributed by atoms with E-state index in [1.165, 1.54) is 7.11 Å². The summed E-state index contributed by atoms with van der Waals surface area (Å²) in [5.41, 5.74) is 1.82. The number of hydrogen-bond donors (Lipinski definition) is 16. The molecular weight excluding hydrogens is 1760 g/mol. The Balaban J connectivity index is 0.736. The molecule has 9 heterocycles. The van der Waals surface area contributed by atoms with Gasteiger partial charge in [-0.25, -0.2) is 0 Å². The molecule has 133 heavy (non-hydrogen) atoms. The summed E-state index contributed by atoms with van der Waals surface area (Å²) in [6.45, 7) is -0.767. The lowest BCUT2D eigenvalue weighted by Crippen LogP contribution is -2.63. The number of unbranched alkanes of at least 4 members (excludes halogenated alkanes) is 28. The Labute approximate surface area is 773 Å². The minimum absolute atomic E-state index is 0.000593. The van der Waals surface area contributed by atoms with Crippen molar-refractivity contribution >= 4 is 23.9 Å². The highest BCUT2D eigenvalue weighted by Gasteiger charge is 2.54. The fourth-order valence-electron chi connectivity index (χ4n) is 16.4. The predicted octanol–water partition coefficient (Wildman–Crippen LogP) is 0.113. The van der Waals surface area contributed by atoms with Crippen LogP contribution in [0.4, 0.5) is 0 Å². The Bertz CT molecular complexity index is 3850. The second-order valence-electron chi connectivity index (χ2n) is 35.1. The summed E-state index contributed by atoms with van der Waals surface area (Å²) in [5, 5.41) is 193. The monoisotopic (exact) mass is 1900 g/mol. The quantitative estimate of drug-likeness (QED) is 0.0158. The first-order valence-corrected chi connectivity index (χ1v) is 47.6. The number of aryl methyl sites for hydroxylation is 4. The summed E-state index contributed by atoms with van der Waals surface area (Å²) in [6, 6.07) is 0. The Morgan fingerprint density at radius 1 is 0.278 bits per heavy atom. The number of aliphatic hydroxyl groups is 16. The third-order valence-corrected chi connectivity index (χ3v) is 24.4. The number of aromatic nitrogens is 12. The lowest BCUT2D eigenvalue weighted by Gasteiger charge is -2.44. The molecule has 0 radical (unpaired) electrons. The molecule has 0 spiro atoms. The number of carbonyl (C=O) groups is 4. The van der Waals surface area contributed by atoms with Crippen molar-refractivity contribution in [1.29, 1.82) is 0 Å². The Hall–Kier alpha value is -6.60. The average Bonchev–Trinajstić information content (AvgIpc) is 1.25. The minimum Gasteiger partial charge on any atom is -0.463 e. The Morgan fingerprint density at radius 2 is 0.504 bits per heavy atom. The highest BCUT2D eigenvalue weighted by atomic mass is 16.7. The van der Waals surface area contributed by atoms with Crippen molar-refractivity contribution in [3.8, 4) is 0 Å². The van der Waals surface area contributed by atoms with E-state index in [1.807, 2.05) is 0 Å². The fourth-order valence-corrected chi connectivity index (χ4v) is 16.4. The summed E-state index contributed by atoms with van der Waals surface area (Å²) >= 11 is 0. The minimum atomic E-state index is -1.57. The third kappa shape index (κ3) is 36.6. The number of rotatable bonds is 66. The normalized spacial score (nSPS) is 29.1. The lowest BCUT2D eigenvalue weighted by molar-refractivity contribution is -0.304. The van der Waals surface area contributed by atoms with E-state index >= 15 is 0 Å². The van der Waals surface area contributed by atoms with Crippen LogP contribution in [0.1, 0.15) is 254 Å². The predicted molar refractivity (Wildman–Crippen MR) is 457 cm³/mol. The number of nitrogens with zero attached hydrogens (tertiary/aromatic N) is 12. The van der Waals surface area contributed by atoms with E-state index in [1.54, 1.807) is 43.5 Å². The largest absolute Gasteiger partial charge is 0.463 e. The summed E-state index contributed by atoms with van der Waals surface area (Å²) in [6.07, 6.45) is -1.84. The molecule has 0 aromatic carbocycles. The maximum atomic E-state index is 14.3. The number of aliphatic hydroxyl groups excluding tert-OH is 16. The molecule has 5 aliphatic rings. The molecule has 0 amide bonds. The number of hydrogen-bond acceptors (Lipinski definition) is 42. The SMILES string of the molecule is CO[C@H]1O[C@H](COC(=O)CCCCCCCCCCn2cc(CO[C@@H]3O[C@H](CO)[C@@H](O)[C@H](O)[C@H]3O)nn2)[C@@H](OC(=O)CCCCCCCCCCn2cc(CO[C@@H]3O[C@H](CO)[C@@H](O)[C@H](O)[C@H]3O)nn2)[C@H](OC(=O)CCCCCCCCCCn2cc(CO[C@@H]3O[C@H](CO)[C@@H](O)[C@H](O)[C@H]3O)nn2)[C@H]1OC(=O)CCCCCCCCCCn1cc(CO[C@@H]2O[C@H](CO)[C@@H](O)[C@H](O)[C@H]2O)nn1. The molecule has 25 atom stereocenters. The van der Waals surface area contributed by atoms with Crippen molar-refractivity contribution in [3.05, 3.63) is 47.6 Å². The average molecular weight is 1900 g/mol. The van der Waals surface area contributed by atoms with Crippen LogP contribution in [-0.4, -0.2) is 359 Å². The van der Waals surface area contributed by atoms with Crippen molar-refractivity contribution in [2.45, 2.75) is 437 Å². The molecule has 16 N–H and O–H groups in total. The van der Waals surface area contributed by atoms with Gasteiger partial charge in [0.1, 0.15) is 133 Å². The van der Waals surface area contributed by atoms with Crippen molar-refractivity contribution in [2.24, 2.45) is 0 Å². The molecular formula is C87H146N12O34. The van der Waals surface area contributed by atoms with Gasteiger partial charge in [-0.05, 0) is 51.4 Å². The zero-order valence-corrected chi connectivity index (χ0v) is 76.3. The first-order chi connectivity index (χ1) is 64.4. The van der Waals surface area contributed by atoms with Crippen LogP contribution in [0.3, 0.4) is 0 Å². The van der Waals surface area contributed by atoms with E-state index in [2.05, 4.69) is 41.2 Å². The number of carbonyl (C=O) groups excluding carboxylic acids is 4. The van der Waals surface area contributed by atoms with Gasteiger partial charge in [0.05, 0.1) is 77.6 Å². The highest BCUT2D eigenvalue weighted by Crippen LogP contribution is 2.34. The van der Waals surface area contributed by atoms with Gasteiger partial charge in [0.25, 0.3) is 0 Å². The number of ether oxygens (including phenoxy) is 14. The van der Waals surface area contributed by atoms with E-state index in [4.69, 9.17) is 66.3 Å². The van der Waals surface area contributed by atoms with Crippen LogP contribution in [0.15, 0.2) is 24.8 Å². The van der Waals surface area contributed by atoms with Crippen LogP contribution >= 0.6 is 0 Å². The van der Waals surface area contributed by atoms with Gasteiger partial charge >= 0.3 is 23.9 Å². The van der Waals surface area contributed by atoms with Gasteiger partial charge in [0.2, 0.25) is 0 Å². The van der Waals surface area contributed by atoms with Gasteiger partial charge in [-0.15, -0.1) is 20.4 Å². The van der Waals surface area contributed by atoms with Crippen LogP contribution in [0.2, 0.25) is 0 Å². The van der Waals surface area contributed by atoms with Crippen LogP contribution in [-0.2, 0) is 138 Å². The first kappa shape index (κ1) is 110. The van der Waals surface area contributed by atoms with Crippen molar-refractivity contribution in [3.63, 3.8) is 0 Å². The summed E-state index contributed by atoms with van der Waals surface area (Å²) in [4.78, 5) is 56.2. The topological polar surface area (TPSA) is 644 Å². The molecule has 5 saturated heterocycles. The summed E-state index contributed by atoms with van der Waals surface area (Å²) in [5.74, 6) is -2.43. The van der Waals surface area contributed by atoms with Gasteiger partial charge in [-0.2, -0.15) is 0 Å². The molecule has 4 aromatic rings. The molecule has 758 valence electrons. The molecule has 0 saturated carbocycles. The zero-order valence-electron chi connectivity index (χ0n) is 76.3. The maximum absolute atomic E-state index is 14.3. The second-order valence-corrected chi connectivity index (χ2v) is 35.1. The summed E-state index contributed by atoms with van der Waals surface area (Å²) in [7, 11) is 1.34. The highest BCUT2D eigenvalue weighted by molar-refractivity contribution is 5.72. The van der Waals surface area contributed by atoms with Crippen LogP contribution in [0.5, 0.6) is 0 Å². The smallest absolute Gasteiger partial charge is 0.306 e. The third-order valence-electron chi connectivity index (χ3n) is 24.4. The van der Waals surface area contributed by atoms with Crippen LogP contribution in [0.25, 0.3) is 0 Å². The van der Waals surface area contributed by atoms with Gasteiger partial charge in [-0.1, -0.05) is 175 Å². The molecule has 5 fully saturated rings. The van der Waals surface area contributed by atoms with Gasteiger partial charge in [0.15, 0.2) is 49.8 Å². The molecule has 4 aromatic heterocycles. The molecule has 0 unspecified atom stereocenters. The van der Waals surface area contributed by atoms with E-state index < -0.39 is 210 Å². The Kier molecular flexibility index (Phi) is 49.9.